The Bertz CT molecular complexity index is 410. The van der Waals surface area contributed by atoms with E-state index < -0.39 is 0 Å². The highest BCUT2D eigenvalue weighted by Crippen LogP contribution is 2.37. The normalized spacial score (nSPS) is 16.9. The number of hydrogen-bond acceptors (Lipinski definition) is 2. The molecule has 1 amide bonds. The van der Waals surface area contributed by atoms with Crippen LogP contribution in [0.4, 0.5) is 11.4 Å². The van der Waals surface area contributed by atoms with Gasteiger partial charge in [-0.3, -0.25) is 4.79 Å². The van der Waals surface area contributed by atoms with E-state index in [4.69, 9.17) is 5.73 Å². The minimum atomic E-state index is 0.117. The average Bonchev–Trinajstić information content (AvgIpc) is 3.06. The summed E-state index contributed by atoms with van der Waals surface area (Å²) in [6.45, 7) is 3.94. The van der Waals surface area contributed by atoms with E-state index in [-0.39, 0.29) is 11.8 Å². The van der Waals surface area contributed by atoms with E-state index in [1.54, 1.807) is 0 Å². The maximum absolute atomic E-state index is 11.8. The molecule has 1 aromatic carbocycles. The van der Waals surface area contributed by atoms with Gasteiger partial charge in [0.25, 0.3) is 0 Å². The maximum Gasteiger partial charge on any atom is 0.227 e. The van der Waals surface area contributed by atoms with Crippen molar-refractivity contribution in [3.05, 3.63) is 23.8 Å². The first kappa shape index (κ1) is 11.0. The smallest absolute Gasteiger partial charge is 0.227 e. The molecule has 86 valence electrons. The van der Waals surface area contributed by atoms with Gasteiger partial charge < -0.3 is 11.1 Å². The molecule has 3 N–H and O–H groups in total. The molecule has 0 aliphatic heterocycles. The largest absolute Gasteiger partial charge is 0.399 e. The van der Waals surface area contributed by atoms with Crippen LogP contribution in [0.2, 0.25) is 0 Å². The third kappa shape index (κ3) is 2.35. The van der Waals surface area contributed by atoms with Crippen LogP contribution < -0.4 is 11.1 Å². The number of anilines is 2. The van der Waals surface area contributed by atoms with Gasteiger partial charge in [0.15, 0.2) is 0 Å². The van der Waals surface area contributed by atoms with Gasteiger partial charge in [-0.05, 0) is 49.4 Å². The van der Waals surface area contributed by atoms with Crippen molar-refractivity contribution in [2.45, 2.75) is 26.7 Å². The number of carbonyl (C=O) groups excluding carboxylic acids is 1. The second kappa shape index (κ2) is 4.16. The fourth-order valence-corrected chi connectivity index (χ4v) is 1.82. The lowest BCUT2D eigenvalue weighted by Gasteiger charge is -2.12. The first-order valence-electron chi connectivity index (χ1n) is 5.75. The molecule has 0 bridgehead atoms. The van der Waals surface area contributed by atoms with Crippen LogP contribution in [0.3, 0.4) is 0 Å². The highest BCUT2D eigenvalue weighted by Gasteiger charge is 2.32. The predicted molar refractivity (Wildman–Crippen MR) is 66.1 cm³/mol. The molecule has 1 atom stereocenters. The van der Waals surface area contributed by atoms with Crippen molar-refractivity contribution in [1.82, 2.24) is 0 Å². The van der Waals surface area contributed by atoms with Gasteiger partial charge >= 0.3 is 0 Å². The lowest BCUT2D eigenvalue weighted by atomic mass is 10.1. The summed E-state index contributed by atoms with van der Waals surface area (Å²) < 4.78 is 0. The molecule has 1 unspecified atom stereocenters. The molecular formula is C13H18N2O. The van der Waals surface area contributed by atoms with Gasteiger partial charge in [0.05, 0.1) is 0 Å². The first-order valence-corrected chi connectivity index (χ1v) is 5.75. The quantitative estimate of drug-likeness (QED) is 0.766. The molecule has 1 aromatic rings. The molecule has 0 spiro atoms. The zero-order valence-corrected chi connectivity index (χ0v) is 9.79. The molecule has 0 saturated heterocycles. The molecule has 1 saturated carbocycles. The van der Waals surface area contributed by atoms with Crippen LogP contribution in [0.25, 0.3) is 0 Å². The number of benzene rings is 1. The minimum Gasteiger partial charge on any atom is -0.399 e. The van der Waals surface area contributed by atoms with E-state index >= 15 is 0 Å². The Morgan fingerprint density at radius 2 is 2.19 bits per heavy atom. The second-order valence-electron chi connectivity index (χ2n) is 4.69. The van der Waals surface area contributed by atoms with Crippen LogP contribution in [0.1, 0.15) is 25.3 Å². The molecule has 1 aliphatic rings. The summed E-state index contributed by atoms with van der Waals surface area (Å²) in [5.41, 5.74) is 8.32. The van der Waals surface area contributed by atoms with Crippen molar-refractivity contribution in [3.8, 4) is 0 Å². The number of amides is 1. The van der Waals surface area contributed by atoms with E-state index in [2.05, 4.69) is 5.32 Å². The van der Waals surface area contributed by atoms with Gasteiger partial charge in [0.1, 0.15) is 0 Å². The number of nitrogen functional groups attached to an aromatic ring is 1. The van der Waals surface area contributed by atoms with E-state index in [0.717, 1.165) is 16.9 Å². The molecule has 3 nitrogen and oxygen atoms in total. The van der Waals surface area contributed by atoms with Gasteiger partial charge in [-0.15, -0.1) is 0 Å². The molecule has 3 heteroatoms. The fraction of sp³-hybridized carbons (Fsp3) is 0.462. The van der Waals surface area contributed by atoms with Crippen LogP contribution in [0.5, 0.6) is 0 Å². The van der Waals surface area contributed by atoms with Gasteiger partial charge in [-0.25, -0.2) is 0 Å². The molecule has 16 heavy (non-hydrogen) atoms. The van der Waals surface area contributed by atoms with E-state index in [9.17, 15) is 4.79 Å². The number of nitrogens with two attached hydrogens (primary N) is 1. The average molecular weight is 218 g/mol. The van der Waals surface area contributed by atoms with Gasteiger partial charge in [-0.2, -0.15) is 0 Å². The molecule has 1 fully saturated rings. The van der Waals surface area contributed by atoms with E-state index in [1.165, 1.54) is 12.8 Å². The van der Waals surface area contributed by atoms with Crippen molar-refractivity contribution in [2.24, 2.45) is 11.8 Å². The molecule has 0 aromatic heterocycles. The molecular weight excluding hydrogens is 200 g/mol. The fourth-order valence-electron chi connectivity index (χ4n) is 1.82. The Kier molecular flexibility index (Phi) is 2.86. The summed E-state index contributed by atoms with van der Waals surface area (Å²) in [6.07, 6.45) is 2.38. The lowest BCUT2D eigenvalue weighted by molar-refractivity contribution is -0.119. The standard InChI is InChI=1S/C13H18N2O/c1-8-7-11(5-6-12(8)14)15-13(16)9(2)10-3-4-10/h5-7,9-10H,3-4,14H2,1-2H3,(H,15,16). The Balaban J connectivity index is 2.02. The Morgan fingerprint density at radius 1 is 1.50 bits per heavy atom. The van der Waals surface area contributed by atoms with E-state index in [0.29, 0.717) is 5.92 Å². The van der Waals surface area contributed by atoms with E-state index in [1.807, 2.05) is 32.0 Å². The summed E-state index contributed by atoms with van der Waals surface area (Å²) in [6, 6.07) is 5.58. The third-order valence-electron chi connectivity index (χ3n) is 3.28. The van der Waals surface area contributed by atoms with Crippen LogP contribution in [0, 0.1) is 18.8 Å². The highest BCUT2D eigenvalue weighted by molar-refractivity contribution is 5.93. The zero-order valence-electron chi connectivity index (χ0n) is 9.79. The van der Waals surface area contributed by atoms with Gasteiger partial charge in [0.2, 0.25) is 5.91 Å². The summed E-state index contributed by atoms with van der Waals surface area (Å²) in [5, 5.41) is 2.94. The summed E-state index contributed by atoms with van der Waals surface area (Å²) >= 11 is 0. The Morgan fingerprint density at radius 3 is 2.75 bits per heavy atom. The summed E-state index contributed by atoms with van der Waals surface area (Å²) in [4.78, 5) is 11.8. The van der Waals surface area contributed by atoms with Crippen molar-refractivity contribution in [3.63, 3.8) is 0 Å². The second-order valence-corrected chi connectivity index (χ2v) is 4.69. The number of hydrogen-bond donors (Lipinski definition) is 2. The lowest BCUT2D eigenvalue weighted by Crippen LogP contribution is -2.21. The number of rotatable bonds is 3. The van der Waals surface area contributed by atoms with Crippen LogP contribution in [-0.4, -0.2) is 5.91 Å². The number of nitrogens with one attached hydrogen (secondary N) is 1. The van der Waals surface area contributed by atoms with Crippen LogP contribution in [-0.2, 0) is 4.79 Å². The first-order chi connectivity index (χ1) is 7.58. The van der Waals surface area contributed by atoms with Crippen LogP contribution >= 0.6 is 0 Å². The topological polar surface area (TPSA) is 55.1 Å². The minimum absolute atomic E-state index is 0.117. The zero-order chi connectivity index (χ0) is 11.7. The monoisotopic (exact) mass is 218 g/mol. The maximum atomic E-state index is 11.8. The number of carbonyl (C=O) groups is 1. The third-order valence-corrected chi connectivity index (χ3v) is 3.28. The number of aryl methyl sites for hydroxylation is 1. The molecule has 2 rings (SSSR count). The SMILES string of the molecule is Cc1cc(NC(=O)C(C)C2CC2)ccc1N. The van der Waals surface area contributed by atoms with Crippen molar-refractivity contribution < 1.29 is 4.79 Å². The summed E-state index contributed by atoms with van der Waals surface area (Å²) in [7, 11) is 0. The van der Waals surface area contributed by atoms with Crippen molar-refractivity contribution >= 4 is 17.3 Å². The van der Waals surface area contributed by atoms with Crippen molar-refractivity contribution in [1.29, 1.82) is 0 Å². The van der Waals surface area contributed by atoms with Crippen LogP contribution in [0.15, 0.2) is 18.2 Å². The highest BCUT2D eigenvalue weighted by atomic mass is 16.1. The Hall–Kier alpha value is -1.51. The summed E-state index contributed by atoms with van der Waals surface area (Å²) in [5.74, 6) is 0.833. The predicted octanol–water partition coefficient (Wildman–Crippen LogP) is 2.56. The molecule has 0 radical (unpaired) electrons. The van der Waals surface area contributed by atoms with Gasteiger partial charge in [-0.1, -0.05) is 6.92 Å². The molecule has 0 heterocycles. The molecule has 1 aliphatic carbocycles. The Labute approximate surface area is 96.0 Å². The van der Waals surface area contributed by atoms with Crippen molar-refractivity contribution in [2.75, 3.05) is 11.1 Å². The van der Waals surface area contributed by atoms with Gasteiger partial charge in [0, 0.05) is 17.3 Å².